The fraction of sp³-hybridized carbons (Fsp3) is 0.417. The van der Waals surface area contributed by atoms with Crippen LogP contribution in [0, 0.1) is 6.92 Å². The topological polar surface area (TPSA) is 86.8 Å². The Hall–Kier alpha value is -2.58. The zero-order valence-electron chi connectivity index (χ0n) is 19.7. The van der Waals surface area contributed by atoms with Gasteiger partial charge in [0.25, 0.3) is 0 Å². The number of carbonyl (C=O) groups excluding carboxylic acids is 2. The Morgan fingerprint density at radius 3 is 2.21 bits per heavy atom. The summed E-state index contributed by atoms with van der Waals surface area (Å²) in [5, 5.41) is 3.36. The molecule has 2 atom stereocenters. The largest absolute Gasteiger partial charge is 0.352 e. The lowest BCUT2D eigenvalue weighted by Gasteiger charge is -2.32. The summed E-state index contributed by atoms with van der Waals surface area (Å²) in [5.74, 6) is -0.769. The summed E-state index contributed by atoms with van der Waals surface area (Å²) in [5.41, 5.74) is 2.18. The first kappa shape index (κ1) is 26.7. The summed E-state index contributed by atoms with van der Waals surface area (Å²) < 4.78 is 26.1. The molecule has 1 N–H and O–H groups in total. The predicted octanol–water partition coefficient (Wildman–Crippen LogP) is 3.75. The van der Waals surface area contributed by atoms with Gasteiger partial charge >= 0.3 is 0 Å². The number of hydrogen-bond donors (Lipinski definition) is 1. The standard InChI is InChI=1S/C24H32ClN3O4S/c1-6-18(3)26-24(30)19(4)27(15-20-10-8-7-9-17(20)2)23(29)16-28(33(5,31)32)22-13-11-21(25)12-14-22/h7-14,18-19H,6,15-16H2,1-5H3,(H,26,30)/t18-,19+/m1/s1. The molecule has 0 aliphatic carbocycles. The number of aryl methyl sites for hydroxylation is 1. The Balaban J connectivity index is 2.39. The van der Waals surface area contributed by atoms with Crippen molar-refractivity contribution in [2.45, 2.75) is 52.7 Å². The van der Waals surface area contributed by atoms with E-state index in [1.165, 1.54) is 4.90 Å². The number of benzene rings is 2. The Labute approximate surface area is 201 Å². The van der Waals surface area contributed by atoms with E-state index in [9.17, 15) is 18.0 Å². The fourth-order valence-electron chi connectivity index (χ4n) is 3.24. The maximum Gasteiger partial charge on any atom is 0.244 e. The molecule has 33 heavy (non-hydrogen) atoms. The number of sulfonamides is 1. The van der Waals surface area contributed by atoms with Crippen LogP contribution >= 0.6 is 11.6 Å². The van der Waals surface area contributed by atoms with Crippen LogP contribution < -0.4 is 9.62 Å². The van der Waals surface area contributed by atoms with E-state index in [-0.39, 0.29) is 18.5 Å². The molecule has 0 heterocycles. The second-order valence-electron chi connectivity index (χ2n) is 8.19. The first-order valence-corrected chi connectivity index (χ1v) is 13.0. The summed E-state index contributed by atoms with van der Waals surface area (Å²) >= 11 is 5.93. The van der Waals surface area contributed by atoms with Gasteiger partial charge in [0, 0.05) is 17.6 Å². The van der Waals surface area contributed by atoms with Gasteiger partial charge in [-0.25, -0.2) is 8.42 Å². The van der Waals surface area contributed by atoms with Gasteiger partial charge in [-0.2, -0.15) is 0 Å². The minimum absolute atomic E-state index is 0.0445. The molecule has 0 fully saturated rings. The van der Waals surface area contributed by atoms with Gasteiger partial charge in [-0.05, 0) is 62.6 Å². The van der Waals surface area contributed by atoms with Gasteiger partial charge in [-0.15, -0.1) is 0 Å². The molecule has 0 saturated carbocycles. The zero-order chi connectivity index (χ0) is 24.8. The summed E-state index contributed by atoms with van der Waals surface area (Å²) in [4.78, 5) is 27.8. The minimum atomic E-state index is -3.77. The van der Waals surface area contributed by atoms with Crippen molar-refractivity contribution in [3.8, 4) is 0 Å². The number of nitrogens with zero attached hydrogens (tertiary/aromatic N) is 2. The van der Waals surface area contributed by atoms with Crippen LogP contribution in [0.4, 0.5) is 5.69 Å². The van der Waals surface area contributed by atoms with Crippen LogP contribution in [0.3, 0.4) is 0 Å². The molecule has 2 aromatic carbocycles. The summed E-state index contributed by atoms with van der Waals surface area (Å²) in [6.07, 6.45) is 1.79. The number of hydrogen-bond acceptors (Lipinski definition) is 4. The van der Waals surface area contributed by atoms with Crippen LogP contribution in [-0.4, -0.2) is 50.0 Å². The molecule has 0 aromatic heterocycles. The van der Waals surface area contributed by atoms with Gasteiger partial charge < -0.3 is 10.2 Å². The molecule has 0 aliphatic rings. The SMILES string of the molecule is CC[C@@H](C)NC(=O)[C@H](C)N(Cc1ccccc1C)C(=O)CN(c1ccc(Cl)cc1)S(C)(=O)=O. The van der Waals surface area contributed by atoms with Crippen molar-refractivity contribution in [2.75, 3.05) is 17.1 Å². The van der Waals surface area contributed by atoms with Crippen LogP contribution in [-0.2, 0) is 26.2 Å². The Bertz CT molecular complexity index is 1070. The molecule has 0 radical (unpaired) electrons. The number of rotatable bonds is 10. The van der Waals surface area contributed by atoms with E-state index in [4.69, 9.17) is 11.6 Å². The highest BCUT2D eigenvalue weighted by Gasteiger charge is 2.30. The van der Waals surface area contributed by atoms with Gasteiger partial charge in [-0.1, -0.05) is 42.8 Å². The van der Waals surface area contributed by atoms with Crippen LogP contribution in [0.2, 0.25) is 5.02 Å². The Morgan fingerprint density at radius 2 is 1.67 bits per heavy atom. The fourth-order valence-corrected chi connectivity index (χ4v) is 4.22. The third-order valence-electron chi connectivity index (χ3n) is 5.56. The normalized spacial score (nSPS) is 13.2. The van der Waals surface area contributed by atoms with E-state index in [1.54, 1.807) is 31.2 Å². The second kappa shape index (κ2) is 11.5. The number of nitrogens with one attached hydrogen (secondary N) is 1. The van der Waals surface area contributed by atoms with E-state index in [2.05, 4.69) is 5.32 Å². The summed E-state index contributed by atoms with van der Waals surface area (Å²) in [7, 11) is -3.77. The van der Waals surface area contributed by atoms with Crippen LogP contribution in [0.25, 0.3) is 0 Å². The monoisotopic (exact) mass is 493 g/mol. The van der Waals surface area contributed by atoms with Crippen molar-refractivity contribution >= 4 is 39.1 Å². The van der Waals surface area contributed by atoms with Gasteiger partial charge in [0.2, 0.25) is 21.8 Å². The van der Waals surface area contributed by atoms with Gasteiger partial charge in [0.1, 0.15) is 12.6 Å². The predicted molar refractivity (Wildman–Crippen MR) is 133 cm³/mol. The average Bonchev–Trinajstić information content (AvgIpc) is 2.76. The van der Waals surface area contributed by atoms with Crippen molar-refractivity contribution in [3.05, 3.63) is 64.7 Å². The lowest BCUT2D eigenvalue weighted by molar-refractivity contribution is -0.139. The number of amides is 2. The van der Waals surface area contributed by atoms with E-state index in [0.717, 1.165) is 28.1 Å². The lowest BCUT2D eigenvalue weighted by Crippen LogP contribution is -2.52. The maximum atomic E-state index is 13.5. The Morgan fingerprint density at radius 1 is 1.06 bits per heavy atom. The third kappa shape index (κ3) is 7.47. The van der Waals surface area contributed by atoms with Crippen molar-refractivity contribution in [1.82, 2.24) is 10.2 Å². The van der Waals surface area contributed by atoms with Gasteiger partial charge in [0.15, 0.2) is 0 Å². The molecule has 2 rings (SSSR count). The van der Waals surface area contributed by atoms with Crippen LogP contribution in [0.15, 0.2) is 48.5 Å². The first-order valence-electron chi connectivity index (χ1n) is 10.8. The van der Waals surface area contributed by atoms with E-state index in [0.29, 0.717) is 10.7 Å². The van der Waals surface area contributed by atoms with Crippen LogP contribution in [0.5, 0.6) is 0 Å². The van der Waals surface area contributed by atoms with Gasteiger partial charge in [0.05, 0.1) is 11.9 Å². The van der Waals surface area contributed by atoms with Crippen molar-refractivity contribution < 1.29 is 18.0 Å². The highest BCUT2D eigenvalue weighted by Crippen LogP contribution is 2.22. The Kier molecular flexibility index (Phi) is 9.31. The maximum absolute atomic E-state index is 13.5. The van der Waals surface area contributed by atoms with E-state index >= 15 is 0 Å². The number of anilines is 1. The van der Waals surface area contributed by atoms with Crippen LogP contribution in [0.1, 0.15) is 38.3 Å². The highest BCUT2D eigenvalue weighted by atomic mass is 35.5. The van der Waals surface area contributed by atoms with Gasteiger partial charge in [-0.3, -0.25) is 13.9 Å². The molecule has 2 amide bonds. The molecule has 9 heteroatoms. The molecular weight excluding hydrogens is 462 g/mol. The molecule has 180 valence electrons. The molecular formula is C24H32ClN3O4S. The van der Waals surface area contributed by atoms with Crippen molar-refractivity contribution in [3.63, 3.8) is 0 Å². The summed E-state index contributed by atoms with van der Waals surface area (Å²) in [6, 6.07) is 13.0. The highest BCUT2D eigenvalue weighted by molar-refractivity contribution is 7.92. The molecule has 7 nitrogen and oxygen atoms in total. The number of halogens is 1. The quantitative estimate of drug-likeness (QED) is 0.546. The molecule has 0 saturated heterocycles. The molecule has 0 spiro atoms. The molecule has 0 unspecified atom stereocenters. The van der Waals surface area contributed by atoms with E-state index in [1.807, 2.05) is 45.0 Å². The van der Waals surface area contributed by atoms with Crippen molar-refractivity contribution in [2.24, 2.45) is 0 Å². The smallest absolute Gasteiger partial charge is 0.244 e. The molecule has 0 aliphatic heterocycles. The summed E-state index contributed by atoms with van der Waals surface area (Å²) in [6.45, 7) is 7.18. The third-order valence-corrected chi connectivity index (χ3v) is 6.96. The molecule has 2 aromatic rings. The van der Waals surface area contributed by atoms with Crippen molar-refractivity contribution in [1.29, 1.82) is 0 Å². The lowest BCUT2D eigenvalue weighted by atomic mass is 10.1. The zero-order valence-corrected chi connectivity index (χ0v) is 21.3. The number of carbonyl (C=O) groups is 2. The average molecular weight is 494 g/mol. The second-order valence-corrected chi connectivity index (χ2v) is 10.5. The van der Waals surface area contributed by atoms with E-state index < -0.39 is 28.5 Å². The first-order chi connectivity index (χ1) is 15.4. The molecule has 0 bridgehead atoms. The minimum Gasteiger partial charge on any atom is -0.352 e.